The Kier molecular flexibility index (Phi) is 10.1. The summed E-state index contributed by atoms with van der Waals surface area (Å²) < 4.78 is 39.1. The average Bonchev–Trinajstić information content (AvgIpc) is 3.06. The standard InChI is InChI=1S/C28H40O4S/c1-3-5-7-9-11-13-21-31-25-19-15-17-23-24-18-16-20-26(28(24)33(29,30)27(23)25)32-22-14-12-10-8-6-4-2/h15-20H,3-14,21-22H2,1-2H3. The molecule has 3 rings (SSSR count). The van der Waals surface area contributed by atoms with Crippen molar-refractivity contribution in [1.29, 1.82) is 0 Å². The van der Waals surface area contributed by atoms with Crippen molar-refractivity contribution < 1.29 is 17.9 Å². The van der Waals surface area contributed by atoms with Crippen molar-refractivity contribution in [2.75, 3.05) is 13.2 Å². The molecule has 0 radical (unpaired) electrons. The fourth-order valence-corrected chi connectivity index (χ4v) is 6.39. The number of sulfone groups is 1. The fraction of sp³-hybridized carbons (Fsp3) is 0.571. The van der Waals surface area contributed by atoms with E-state index in [1.807, 2.05) is 24.3 Å². The summed E-state index contributed by atoms with van der Waals surface area (Å²) in [5.41, 5.74) is 1.44. The predicted molar refractivity (Wildman–Crippen MR) is 135 cm³/mol. The molecule has 1 heterocycles. The summed E-state index contributed by atoms with van der Waals surface area (Å²) in [6.45, 7) is 5.50. The highest BCUT2D eigenvalue weighted by atomic mass is 32.2. The molecule has 0 spiro atoms. The molecule has 4 nitrogen and oxygen atoms in total. The molecule has 2 aromatic carbocycles. The summed E-state index contributed by atoms with van der Waals surface area (Å²) in [5, 5.41) is 0. The van der Waals surface area contributed by atoms with Gasteiger partial charge >= 0.3 is 0 Å². The van der Waals surface area contributed by atoms with E-state index in [9.17, 15) is 8.42 Å². The van der Waals surface area contributed by atoms with Gasteiger partial charge in [-0.05, 0) is 25.0 Å². The maximum atomic E-state index is 13.6. The third kappa shape index (κ3) is 6.53. The lowest BCUT2D eigenvalue weighted by Gasteiger charge is -2.11. The molecule has 1 aliphatic heterocycles. The Bertz CT molecular complexity index is 908. The SMILES string of the molecule is CCCCCCCCOc1cccc2c1S(=O)(=O)c1c(OCCCCCCCC)cccc1-2. The second-order valence-electron chi connectivity index (χ2n) is 9.00. The van der Waals surface area contributed by atoms with E-state index < -0.39 is 9.84 Å². The molecule has 0 saturated carbocycles. The van der Waals surface area contributed by atoms with Crippen LogP contribution in [0.5, 0.6) is 11.5 Å². The van der Waals surface area contributed by atoms with Crippen LogP contribution in [-0.2, 0) is 9.84 Å². The first-order chi connectivity index (χ1) is 16.1. The topological polar surface area (TPSA) is 52.6 Å². The summed E-state index contributed by atoms with van der Waals surface area (Å²) in [7, 11) is -3.69. The van der Waals surface area contributed by atoms with Gasteiger partial charge < -0.3 is 9.47 Å². The van der Waals surface area contributed by atoms with Crippen LogP contribution in [0.2, 0.25) is 0 Å². The van der Waals surface area contributed by atoms with Crippen molar-refractivity contribution in [3.8, 4) is 22.6 Å². The minimum atomic E-state index is -3.69. The van der Waals surface area contributed by atoms with Crippen molar-refractivity contribution in [3.05, 3.63) is 36.4 Å². The quantitative estimate of drug-likeness (QED) is 0.198. The van der Waals surface area contributed by atoms with E-state index in [1.54, 1.807) is 12.1 Å². The molecule has 0 aromatic heterocycles. The molecule has 1 aliphatic rings. The molecule has 0 aliphatic carbocycles. The minimum absolute atomic E-state index is 0.293. The zero-order valence-electron chi connectivity index (χ0n) is 20.4. The van der Waals surface area contributed by atoms with Gasteiger partial charge in [-0.3, -0.25) is 0 Å². The van der Waals surface area contributed by atoms with Crippen molar-refractivity contribution in [2.24, 2.45) is 0 Å². The first-order valence-corrected chi connectivity index (χ1v) is 14.4. The number of hydrogen-bond acceptors (Lipinski definition) is 4. The summed E-state index contributed by atoms with van der Waals surface area (Å²) in [6.07, 6.45) is 14.0. The second-order valence-corrected chi connectivity index (χ2v) is 10.8. The van der Waals surface area contributed by atoms with Crippen molar-refractivity contribution in [3.63, 3.8) is 0 Å². The fourth-order valence-electron chi connectivity index (χ4n) is 4.47. The Morgan fingerprint density at radius 3 is 1.39 bits per heavy atom. The number of rotatable bonds is 16. The molecule has 0 bridgehead atoms. The van der Waals surface area contributed by atoms with Crippen molar-refractivity contribution in [2.45, 2.75) is 101 Å². The first-order valence-electron chi connectivity index (χ1n) is 12.9. The molecule has 0 atom stereocenters. The normalized spacial score (nSPS) is 13.5. The van der Waals surface area contributed by atoms with Gasteiger partial charge in [0.2, 0.25) is 9.84 Å². The van der Waals surface area contributed by atoms with Gasteiger partial charge in [0, 0.05) is 11.1 Å². The third-order valence-corrected chi connectivity index (χ3v) is 8.21. The Hall–Kier alpha value is -2.01. The van der Waals surface area contributed by atoms with E-state index in [0.29, 0.717) is 34.5 Å². The van der Waals surface area contributed by atoms with Gasteiger partial charge in [-0.25, -0.2) is 8.42 Å². The first kappa shape index (κ1) is 25.6. The van der Waals surface area contributed by atoms with Crippen LogP contribution < -0.4 is 9.47 Å². The molecule has 182 valence electrons. The molecule has 2 aromatic rings. The number of ether oxygens (including phenoxy) is 2. The Morgan fingerprint density at radius 1 is 0.576 bits per heavy atom. The molecular formula is C28H40O4S. The smallest absolute Gasteiger partial charge is 0.215 e. The van der Waals surface area contributed by atoms with E-state index >= 15 is 0 Å². The number of fused-ring (bicyclic) bond motifs is 3. The lowest BCUT2D eigenvalue weighted by molar-refractivity contribution is 0.296. The largest absolute Gasteiger partial charge is 0.492 e. The van der Waals surface area contributed by atoms with Crippen LogP contribution in [0.1, 0.15) is 90.9 Å². The van der Waals surface area contributed by atoms with Crippen LogP contribution in [-0.4, -0.2) is 21.6 Å². The molecule has 0 amide bonds. The van der Waals surface area contributed by atoms with Gasteiger partial charge in [0.25, 0.3) is 0 Å². The highest BCUT2D eigenvalue weighted by Gasteiger charge is 2.38. The van der Waals surface area contributed by atoms with E-state index in [2.05, 4.69) is 13.8 Å². The molecule has 33 heavy (non-hydrogen) atoms. The van der Waals surface area contributed by atoms with E-state index in [1.165, 1.54) is 51.4 Å². The maximum Gasteiger partial charge on any atom is 0.215 e. The summed E-state index contributed by atoms with van der Waals surface area (Å²) in [4.78, 5) is 0.586. The molecule has 0 unspecified atom stereocenters. The molecule has 0 fully saturated rings. The Labute approximate surface area is 200 Å². The van der Waals surface area contributed by atoms with Gasteiger partial charge in [0.05, 0.1) is 13.2 Å². The van der Waals surface area contributed by atoms with Gasteiger partial charge in [-0.15, -0.1) is 0 Å². The summed E-state index contributed by atoms with van der Waals surface area (Å²) >= 11 is 0. The highest BCUT2D eigenvalue weighted by molar-refractivity contribution is 7.92. The van der Waals surface area contributed by atoms with Crippen LogP contribution >= 0.6 is 0 Å². The van der Waals surface area contributed by atoms with Crippen LogP contribution in [0.25, 0.3) is 11.1 Å². The van der Waals surface area contributed by atoms with Gasteiger partial charge in [-0.2, -0.15) is 0 Å². The predicted octanol–water partition coefficient (Wildman–Crippen LogP) is 7.98. The van der Waals surface area contributed by atoms with E-state index in [0.717, 1.165) is 36.8 Å². The van der Waals surface area contributed by atoms with Crippen LogP contribution in [0.4, 0.5) is 0 Å². The number of hydrogen-bond donors (Lipinski definition) is 0. The lowest BCUT2D eigenvalue weighted by atomic mass is 10.1. The Balaban J connectivity index is 1.66. The van der Waals surface area contributed by atoms with Crippen LogP contribution in [0.15, 0.2) is 46.2 Å². The number of benzene rings is 2. The van der Waals surface area contributed by atoms with Crippen LogP contribution in [0, 0.1) is 0 Å². The molecule has 0 N–H and O–H groups in total. The monoisotopic (exact) mass is 472 g/mol. The third-order valence-electron chi connectivity index (χ3n) is 6.30. The molecule has 0 saturated heterocycles. The Morgan fingerprint density at radius 2 is 0.970 bits per heavy atom. The van der Waals surface area contributed by atoms with E-state index in [-0.39, 0.29) is 0 Å². The second kappa shape index (κ2) is 13.0. The zero-order chi connectivity index (χ0) is 23.5. The maximum absolute atomic E-state index is 13.6. The van der Waals surface area contributed by atoms with Crippen molar-refractivity contribution >= 4 is 9.84 Å². The average molecular weight is 473 g/mol. The van der Waals surface area contributed by atoms with Gasteiger partial charge in [0.1, 0.15) is 21.3 Å². The van der Waals surface area contributed by atoms with Crippen molar-refractivity contribution in [1.82, 2.24) is 0 Å². The van der Waals surface area contributed by atoms with Gasteiger partial charge in [0.15, 0.2) is 0 Å². The van der Waals surface area contributed by atoms with Crippen LogP contribution in [0.3, 0.4) is 0 Å². The van der Waals surface area contributed by atoms with E-state index in [4.69, 9.17) is 9.47 Å². The summed E-state index contributed by atoms with van der Waals surface area (Å²) in [5.74, 6) is 0.915. The van der Waals surface area contributed by atoms with Gasteiger partial charge in [-0.1, -0.05) is 102 Å². The highest BCUT2D eigenvalue weighted by Crippen LogP contribution is 2.50. The summed E-state index contributed by atoms with van der Waals surface area (Å²) in [6, 6.07) is 11.0. The number of unbranched alkanes of at least 4 members (excludes halogenated alkanes) is 10. The zero-order valence-corrected chi connectivity index (χ0v) is 21.2. The lowest BCUT2D eigenvalue weighted by Crippen LogP contribution is -2.06. The minimum Gasteiger partial charge on any atom is -0.492 e. The molecular weight excluding hydrogens is 432 g/mol. The molecule has 5 heteroatoms.